The number of hydrogen-bond donors (Lipinski definition) is 1. The van der Waals surface area contributed by atoms with E-state index in [1.165, 1.54) is 38.5 Å². The number of rotatable bonds is 8. The molecule has 4 aliphatic carbocycles. The summed E-state index contributed by atoms with van der Waals surface area (Å²) in [5, 5.41) is 3.05. The highest BCUT2D eigenvalue weighted by Gasteiger charge is 2.50. The van der Waals surface area contributed by atoms with Crippen LogP contribution in [-0.2, 0) is 14.3 Å². The highest BCUT2D eigenvalue weighted by atomic mass is 16.5. The molecule has 168 valence electrons. The van der Waals surface area contributed by atoms with Gasteiger partial charge in [0.25, 0.3) is 5.91 Å². The zero-order valence-electron chi connectivity index (χ0n) is 18.1. The number of benzene rings is 1. The number of esters is 1. The number of hydrogen-bond acceptors (Lipinski definition) is 5. The smallest absolute Gasteiger partial charge is 0.338 e. The van der Waals surface area contributed by atoms with Crippen molar-refractivity contribution in [1.29, 1.82) is 0 Å². The van der Waals surface area contributed by atoms with Crippen LogP contribution < -0.4 is 10.1 Å². The second kappa shape index (κ2) is 8.81. The molecule has 4 saturated carbocycles. The minimum atomic E-state index is -0.490. The van der Waals surface area contributed by atoms with Crippen molar-refractivity contribution < 1.29 is 23.8 Å². The summed E-state index contributed by atoms with van der Waals surface area (Å²) in [6.45, 7) is 1.81. The molecule has 6 heteroatoms. The van der Waals surface area contributed by atoms with Crippen LogP contribution in [0.2, 0.25) is 0 Å². The Labute approximate surface area is 184 Å². The molecule has 1 aromatic rings. The molecular formula is C25H33NO5. The van der Waals surface area contributed by atoms with E-state index in [9.17, 15) is 9.59 Å². The molecule has 1 N–H and O–H groups in total. The summed E-state index contributed by atoms with van der Waals surface area (Å²) in [7, 11) is 0. The van der Waals surface area contributed by atoms with Gasteiger partial charge in [-0.1, -0.05) is 0 Å². The van der Waals surface area contributed by atoms with E-state index in [0.29, 0.717) is 17.9 Å². The molecule has 4 bridgehead atoms. The number of carbonyl (C=O) groups is 2. The molecule has 0 unspecified atom stereocenters. The first-order chi connectivity index (χ1) is 15.1. The molecule has 0 radical (unpaired) electrons. The summed E-state index contributed by atoms with van der Waals surface area (Å²) < 4.78 is 16.5. The Morgan fingerprint density at radius 1 is 1.03 bits per heavy atom. The van der Waals surface area contributed by atoms with E-state index in [1.54, 1.807) is 24.3 Å². The topological polar surface area (TPSA) is 73.9 Å². The van der Waals surface area contributed by atoms with Crippen molar-refractivity contribution in [2.75, 3.05) is 26.4 Å². The van der Waals surface area contributed by atoms with E-state index in [4.69, 9.17) is 14.2 Å². The lowest BCUT2D eigenvalue weighted by atomic mass is 9.49. The third kappa shape index (κ3) is 4.89. The monoisotopic (exact) mass is 427 g/mol. The molecule has 1 heterocycles. The summed E-state index contributed by atoms with van der Waals surface area (Å²) in [5.74, 6) is 2.58. The molecule has 1 amide bonds. The van der Waals surface area contributed by atoms with Gasteiger partial charge in [-0.05, 0) is 98.8 Å². The Morgan fingerprint density at radius 2 is 1.71 bits per heavy atom. The highest BCUT2D eigenvalue weighted by Crippen LogP contribution is 2.59. The van der Waals surface area contributed by atoms with Crippen molar-refractivity contribution >= 4 is 11.9 Å². The third-order valence-electron chi connectivity index (χ3n) is 7.71. The standard InChI is InChI=1S/C25H33NO5/c27-23(26-16-25-11-17-8-18(12-25)10-19(9-17)13-25)15-31-24(28)20-3-5-21(6-4-20)30-14-22-2-1-7-29-22/h3-6,17-19,22H,1-2,7-16H2,(H,26,27)/t17?,18?,19?,22-,25?/m1/s1. The van der Waals surface area contributed by atoms with Gasteiger partial charge in [0.1, 0.15) is 12.4 Å². The first-order valence-electron chi connectivity index (χ1n) is 11.9. The first-order valence-corrected chi connectivity index (χ1v) is 11.9. The SMILES string of the molecule is O=C(COC(=O)c1ccc(OC[C@H]2CCCO2)cc1)NCC12CC3CC(CC(C3)C1)C2. The largest absolute Gasteiger partial charge is 0.491 e. The van der Waals surface area contributed by atoms with Crippen molar-refractivity contribution in [2.24, 2.45) is 23.2 Å². The maximum Gasteiger partial charge on any atom is 0.338 e. The van der Waals surface area contributed by atoms with Crippen molar-refractivity contribution in [3.05, 3.63) is 29.8 Å². The number of nitrogens with one attached hydrogen (secondary N) is 1. The third-order valence-corrected chi connectivity index (χ3v) is 7.71. The second-order valence-corrected chi connectivity index (χ2v) is 10.2. The fraction of sp³-hybridized carbons (Fsp3) is 0.680. The van der Waals surface area contributed by atoms with Gasteiger partial charge in [0, 0.05) is 13.2 Å². The zero-order valence-corrected chi connectivity index (χ0v) is 18.1. The van der Waals surface area contributed by atoms with Crippen molar-refractivity contribution in [3.8, 4) is 5.75 Å². The fourth-order valence-corrected chi connectivity index (χ4v) is 6.71. The van der Waals surface area contributed by atoms with Crippen LogP contribution in [0.1, 0.15) is 61.7 Å². The molecule has 31 heavy (non-hydrogen) atoms. The van der Waals surface area contributed by atoms with Crippen LogP contribution in [0.3, 0.4) is 0 Å². The lowest BCUT2D eigenvalue weighted by Crippen LogP contribution is -2.51. The van der Waals surface area contributed by atoms with Crippen LogP contribution in [0.25, 0.3) is 0 Å². The first kappa shape index (κ1) is 20.8. The lowest BCUT2D eigenvalue weighted by Gasteiger charge is -2.56. The van der Waals surface area contributed by atoms with Gasteiger partial charge in [-0.15, -0.1) is 0 Å². The maximum absolute atomic E-state index is 12.3. The van der Waals surface area contributed by atoms with Gasteiger partial charge in [0.15, 0.2) is 6.61 Å². The van der Waals surface area contributed by atoms with Gasteiger partial charge < -0.3 is 19.5 Å². The summed E-state index contributed by atoms with van der Waals surface area (Å²) >= 11 is 0. The molecule has 6 nitrogen and oxygen atoms in total. The molecule has 5 aliphatic rings. The van der Waals surface area contributed by atoms with E-state index < -0.39 is 5.97 Å². The van der Waals surface area contributed by atoms with Crippen LogP contribution in [0.4, 0.5) is 0 Å². The molecule has 0 spiro atoms. The number of carbonyl (C=O) groups excluding carboxylic acids is 2. The van der Waals surface area contributed by atoms with Crippen molar-refractivity contribution in [2.45, 2.75) is 57.5 Å². The highest BCUT2D eigenvalue weighted by molar-refractivity contribution is 5.91. The van der Waals surface area contributed by atoms with Gasteiger partial charge in [-0.2, -0.15) is 0 Å². The minimum absolute atomic E-state index is 0.154. The van der Waals surface area contributed by atoms with Crippen LogP contribution >= 0.6 is 0 Å². The Bertz CT molecular complexity index is 763. The minimum Gasteiger partial charge on any atom is -0.491 e. The maximum atomic E-state index is 12.3. The normalized spacial score (nSPS) is 33.3. The Hall–Kier alpha value is -2.08. The molecule has 1 aromatic carbocycles. The Morgan fingerprint density at radius 3 is 2.32 bits per heavy atom. The van der Waals surface area contributed by atoms with E-state index in [2.05, 4.69) is 5.32 Å². The fourth-order valence-electron chi connectivity index (χ4n) is 6.71. The molecule has 1 aliphatic heterocycles. The summed E-state index contributed by atoms with van der Waals surface area (Å²) in [4.78, 5) is 24.6. The van der Waals surface area contributed by atoms with Gasteiger partial charge in [-0.3, -0.25) is 4.79 Å². The van der Waals surface area contributed by atoms with E-state index in [-0.39, 0.29) is 24.0 Å². The predicted molar refractivity (Wildman–Crippen MR) is 115 cm³/mol. The van der Waals surface area contributed by atoms with Crippen LogP contribution in [-0.4, -0.2) is 44.3 Å². The molecule has 1 saturated heterocycles. The second-order valence-electron chi connectivity index (χ2n) is 10.2. The van der Waals surface area contributed by atoms with Crippen LogP contribution in [0.15, 0.2) is 24.3 Å². The average Bonchev–Trinajstić information content (AvgIpc) is 3.28. The van der Waals surface area contributed by atoms with Gasteiger partial charge in [0.05, 0.1) is 11.7 Å². The molecular weight excluding hydrogens is 394 g/mol. The number of amides is 1. The predicted octanol–water partition coefficient (Wildman–Crippen LogP) is 3.73. The van der Waals surface area contributed by atoms with Gasteiger partial charge in [-0.25, -0.2) is 4.79 Å². The zero-order chi connectivity index (χ0) is 21.3. The lowest BCUT2D eigenvalue weighted by molar-refractivity contribution is -0.126. The summed E-state index contributed by atoms with van der Waals surface area (Å²) in [6, 6.07) is 6.83. The van der Waals surface area contributed by atoms with Crippen LogP contribution in [0.5, 0.6) is 5.75 Å². The summed E-state index contributed by atoms with van der Waals surface area (Å²) in [5.41, 5.74) is 0.701. The number of ether oxygens (including phenoxy) is 3. The molecule has 6 rings (SSSR count). The Kier molecular flexibility index (Phi) is 5.91. The van der Waals surface area contributed by atoms with Crippen LogP contribution in [0, 0.1) is 23.2 Å². The van der Waals surface area contributed by atoms with E-state index >= 15 is 0 Å². The average molecular weight is 428 g/mol. The molecule has 5 fully saturated rings. The molecule has 0 aromatic heterocycles. The van der Waals surface area contributed by atoms with Crippen molar-refractivity contribution in [3.63, 3.8) is 0 Å². The van der Waals surface area contributed by atoms with Crippen molar-refractivity contribution in [1.82, 2.24) is 5.32 Å². The quantitative estimate of drug-likeness (QED) is 0.640. The van der Waals surface area contributed by atoms with E-state index in [1.807, 2.05) is 0 Å². The molecule has 1 atom stereocenters. The van der Waals surface area contributed by atoms with E-state index in [0.717, 1.165) is 43.7 Å². The van der Waals surface area contributed by atoms with Gasteiger partial charge in [0.2, 0.25) is 0 Å². The van der Waals surface area contributed by atoms with Gasteiger partial charge >= 0.3 is 5.97 Å². The Balaban J connectivity index is 1.04. The summed E-state index contributed by atoms with van der Waals surface area (Å²) in [6.07, 6.45) is 10.2.